The van der Waals surface area contributed by atoms with Crippen LogP contribution in [0.25, 0.3) is 0 Å². The van der Waals surface area contributed by atoms with Crippen molar-refractivity contribution in [3.63, 3.8) is 0 Å². The first-order valence-corrected chi connectivity index (χ1v) is 6.55. The van der Waals surface area contributed by atoms with E-state index in [9.17, 15) is 0 Å². The average molecular weight is 213 g/mol. The highest BCUT2D eigenvalue weighted by Gasteiger charge is 2.34. The van der Waals surface area contributed by atoms with Crippen molar-refractivity contribution in [3.05, 3.63) is 0 Å². The lowest BCUT2D eigenvalue weighted by Gasteiger charge is -2.07. The maximum Gasteiger partial charge on any atom is 0.0591 e. The predicted octanol–water partition coefficient (Wildman–Crippen LogP) is 2.83. The fourth-order valence-corrected chi connectivity index (χ4v) is 1.93. The van der Waals surface area contributed by atoms with Gasteiger partial charge in [0.25, 0.3) is 0 Å². The Bertz CT molecular complexity index is 159. The molecule has 2 heteroatoms. The average Bonchev–Trinajstić information content (AvgIpc) is 2.90. The Morgan fingerprint density at radius 2 is 2.13 bits per heavy atom. The lowest BCUT2D eigenvalue weighted by Crippen LogP contribution is -2.23. The lowest BCUT2D eigenvalue weighted by molar-refractivity contribution is 0.125. The highest BCUT2D eigenvalue weighted by Crippen LogP contribution is 2.34. The molecule has 15 heavy (non-hydrogen) atoms. The van der Waals surface area contributed by atoms with E-state index in [1.54, 1.807) is 0 Å². The van der Waals surface area contributed by atoms with Crippen molar-refractivity contribution in [2.24, 2.45) is 11.8 Å². The minimum absolute atomic E-state index is 0.760. The topological polar surface area (TPSA) is 21.3 Å². The fourth-order valence-electron chi connectivity index (χ4n) is 1.93. The molecule has 2 atom stereocenters. The Morgan fingerprint density at radius 1 is 1.33 bits per heavy atom. The third-order valence-corrected chi connectivity index (χ3v) is 3.07. The zero-order valence-corrected chi connectivity index (χ0v) is 10.6. The number of ether oxygens (including phenoxy) is 1. The molecule has 1 aliphatic carbocycles. The van der Waals surface area contributed by atoms with Gasteiger partial charge in [-0.2, -0.15) is 0 Å². The van der Waals surface area contributed by atoms with Crippen LogP contribution in [0.2, 0.25) is 0 Å². The summed E-state index contributed by atoms with van der Waals surface area (Å²) < 4.78 is 5.56. The highest BCUT2D eigenvalue weighted by molar-refractivity contribution is 4.92. The molecule has 0 spiro atoms. The first-order chi connectivity index (χ1) is 7.24. The van der Waals surface area contributed by atoms with Crippen LogP contribution < -0.4 is 5.32 Å². The third-order valence-electron chi connectivity index (χ3n) is 3.07. The molecular formula is C13H27NO. The minimum atomic E-state index is 0.760. The zero-order valence-electron chi connectivity index (χ0n) is 10.6. The van der Waals surface area contributed by atoms with E-state index in [0.717, 1.165) is 37.6 Å². The summed E-state index contributed by atoms with van der Waals surface area (Å²) in [7, 11) is 0. The molecule has 1 aliphatic rings. The molecule has 0 saturated heterocycles. The Kier molecular flexibility index (Phi) is 6.26. The molecule has 2 unspecified atom stereocenters. The normalized spacial score (nSPS) is 24.8. The SMILES string of the molecule is CCCC1CC1NCCOCCC(C)C. The second-order valence-corrected chi connectivity index (χ2v) is 5.14. The van der Waals surface area contributed by atoms with Gasteiger partial charge in [0.05, 0.1) is 6.61 Å². The maximum atomic E-state index is 5.56. The molecule has 0 aromatic rings. The second kappa shape index (κ2) is 7.24. The van der Waals surface area contributed by atoms with Crippen LogP contribution in [0.1, 0.15) is 46.5 Å². The van der Waals surface area contributed by atoms with Crippen molar-refractivity contribution in [3.8, 4) is 0 Å². The molecule has 0 aromatic carbocycles. The quantitative estimate of drug-likeness (QED) is 0.595. The Labute approximate surface area is 94.8 Å². The van der Waals surface area contributed by atoms with Crippen LogP contribution in [-0.2, 0) is 4.74 Å². The number of nitrogens with one attached hydrogen (secondary N) is 1. The van der Waals surface area contributed by atoms with Gasteiger partial charge in [-0.15, -0.1) is 0 Å². The molecule has 0 aliphatic heterocycles. The molecule has 90 valence electrons. The van der Waals surface area contributed by atoms with Crippen molar-refractivity contribution >= 4 is 0 Å². The van der Waals surface area contributed by atoms with Crippen LogP contribution >= 0.6 is 0 Å². The zero-order chi connectivity index (χ0) is 11.1. The molecule has 1 fully saturated rings. The van der Waals surface area contributed by atoms with Crippen molar-refractivity contribution < 1.29 is 4.74 Å². The predicted molar refractivity (Wildman–Crippen MR) is 65.1 cm³/mol. The van der Waals surface area contributed by atoms with Crippen molar-refractivity contribution in [2.75, 3.05) is 19.8 Å². The van der Waals surface area contributed by atoms with E-state index < -0.39 is 0 Å². The van der Waals surface area contributed by atoms with Gasteiger partial charge in [-0.25, -0.2) is 0 Å². The molecular weight excluding hydrogens is 186 g/mol. The van der Waals surface area contributed by atoms with Crippen molar-refractivity contribution in [1.82, 2.24) is 5.32 Å². The second-order valence-electron chi connectivity index (χ2n) is 5.14. The molecule has 1 saturated carbocycles. The Balaban J connectivity index is 1.78. The third kappa shape index (κ3) is 6.16. The van der Waals surface area contributed by atoms with Crippen LogP contribution in [0.4, 0.5) is 0 Å². The van der Waals surface area contributed by atoms with Gasteiger partial charge in [-0.05, 0) is 31.1 Å². The number of hydrogen-bond acceptors (Lipinski definition) is 2. The van der Waals surface area contributed by atoms with Crippen LogP contribution in [0, 0.1) is 11.8 Å². The first kappa shape index (κ1) is 13.0. The van der Waals surface area contributed by atoms with Gasteiger partial charge in [0, 0.05) is 19.2 Å². The van der Waals surface area contributed by atoms with Crippen LogP contribution in [0.15, 0.2) is 0 Å². The van der Waals surface area contributed by atoms with Gasteiger partial charge in [0.2, 0.25) is 0 Å². The summed E-state index contributed by atoms with van der Waals surface area (Å²) in [6, 6.07) is 0.804. The molecule has 1 rings (SSSR count). The van der Waals surface area contributed by atoms with E-state index in [1.807, 2.05) is 0 Å². The van der Waals surface area contributed by atoms with Gasteiger partial charge in [0.1, 0.15) is 0 Å². The van der Waals surface area contributed by atoms with Crippen molar-refractivity contribution in [1.29, 1.82) is 0 Å². The summed E-state index contributed by atoms with van der Waals surface area (Å²) >= 11 is 0. The maximum absolute atomic E-state index is 5.56. The Hall–Kier alpha value is -0.0800. The molecule has 2 nitrogen and oxygen atoms in total. The van der Waals surface area contributed by atoms with Crippen LogP contribution in [0.3, 0.4) is 0 Å². The van der Waals surface area contributed by atoms with E-state index in [-0.39, 0.29) is 0 Å². The summed E-state index contributed by atoms with van der Waals surface area (Å²) in [5.41, 5.74) is 0. The summed E-state index contributed by atoms with van der Waals surface area (Å²) in [6.07, 6.45) is 5.29. The van der Waals surface area contributed by atoms with E-state index >= 15 is 0 Å². The Morgan fingerprint density at radius 3 is 2.80 bits per heavy atom. The summed E-state index contributed by atoms with van der Waals surface area (Å²) in [4.78, 5) is 0. The fraction of sp³-hybridized carbons (Fsp3) is 1.00. The highest BCUT2D eigenvalue weighted by atomic mass is 16.5. The monoisotopic (exact) mass is 213 g/mol. The van der Waals surface area contributed by atoms with E-state index in [4.69, 9.17) is 4.74 Å². The van der Waals surface area contributed by atoms with Crippen LogP contribution in [0.5, 0.6) is 0 Å². The van der Waals surface area contributed by atoms with E-state index in [2.05, 4.69) is 26.1 Å². The smallest absolute Gasteiger partial charge is 0.0591 e. The summed E-state index contributed by atoms with van der Waals surface area (Å²) in [5, 5.41) is 3.55. The molecule has 0 aromatic heterocycles. The largest absolute Gasteiger partial charge is 0.380 e. The molecule has 1 N–H and O–H groups in total. The number of hydrogen-bond donors (Lipinski definition) is 1. The molecule has 0 heterocycles. The molecule has 0 amide bonds. The lowest BCUT2D eigenvalue weighted by atomic mass is 10.1. The van der Waals surface area contributed by atoms with Gasteiger partial charge >= 0.3 is 0 Å². The number of rotatable bonds is 9. The first-order valence-electron chi connectivity index (χ1n) is 6.55. The van der Waals surface area contributed by atoms with Gasteiger partial charge in [0.15, 0.2) is 0 Å². The minimum Gasteiger partial charge on any atom is -0.380 e. The van der Waals surface area contributed by atoms with E-state index in [1.165, 1.54) is 25.7 Å². The van der Waals surface area contributed by atoms with Gasteiger partial charge < -0.3 is 10.1 Å². The van der Waals surface area contributed by atoms with Gasteiger partial charge in [-0.3, -0.25) is 0 Å². The van der Waals surface area contributed by atoms with Crippen molar-refractivity contribution in [2.45, 2.75) is 52.5 Å². The summed E-state index contributed by atoms with van der Waals surface area (Å²) in [6.45, 7) is 9.57. The van der Waals surface area contributed by atoms with E-state index in [0.29, 0.717) is 0 Å². The standard InChI is InChI=1S/C13H27NO/c1-4-5-12-10-13(12)14-7-9-15-8-6-11(2)3/h11-14H,4-10H2,1-3H3. The summed E-state index contributed by atoms with van der Waals surface area (Å²) in [5.74, 6) is 1.72. The molecule has 0 bridgehead atoms. The molecule has 0 radical (unpaired) electrons. The van der Waals surface area contributed by atoms with Crippen LogP contribution in [-0.4, -0.2) is 25.8 Å². The van der Waals surface area contributed by atoms with Gasteiger partial charge in [-0.1, -0.05) is 27.2 Å².